The van der Waals surface area contributed by atoms with Gasteiger partial charge in [-0.05, 0) is 41.1 Å². The van der Waals surface area contributed by atoms with Gasteiger partial charge in [-0.25, -0.2) is 0 Å². The van der Waals surface area contributed by atoms with Gasteiger partial charge in [-0.2, -0.15) is 5.10 Å². The smallest absolute Gasteiger partial charge is 0.256 e. The second-order valence-corrected chi connectivity index (χ2v) is 4.59. The number of nitrogens with one attached hydrogen (secondary N) is 2. The van der Waals surface area contributed by atoms with Gasteiger partial charge in [0, 0.05) is 11.1 Å². The molecule has 2 rings (SSSR count). The van der Waals surface area contributed by atoms with E-state index in [1.807, 2.05) is 6.92 Å². The van der Waals surface area contributed by atoms with Gasteiger partial charge in [0.1, 0.15) is 11.6 Å². The molecule has 0 aliphatic heterocycles. The van der Waals surface area contributed by atoms with E-state index in [-0.39, 0.29) is 5.91 Å². The Balaban J connectivity index is 2.19. The summed E-state index contributed by atoms with van der Waals surface area (Å²) in [6, 6.07) is 5.14. The van der Waals surface area contributed by atoms with Crippen molar-refractivity contribution >= 4 is 27.7 Å². The number of carbonyl (C=O) groups excluding carboxylic acids is 1. The second kappa shape index (κ2) is 5.22. The molecule has 0 aliphatic rings. The lowest BCUT2D eigenvalue weighted by Gasteiger charge is -2.07. The van der Waals surface area contributed by atoms with E-state index in [1.165, 1.54) is 0 Å². The molecule has 1 heterocycles. The number of nitrogens with zero attached hydrogens (tertiary/aromatic N) is 1. The van der Waals surface area contributed by atoms with Crippen LogP contribution < -0.4 is 10.1 Å². The maximum Gasteiger partial charge on any atom is 0.256 e. The van der Waals surface area contributed by atoms with E-state index in [4.69, 9.17) is 4.74 Å². The number of aryl methyl sites for hydroxylation is 1. The van der Waals surface area contributed by atoms with Crippen LogP contribution in [0.15, 0.2) is 28.9 Å². The van der Waals surface area contributed by atoms with Gasteiger partial charge >= 0.3 is 0 Å². The highest BCUT2D eigenvalue weighted by molar-refractivity contribution is 9.10. The highest BCUT2D eigenvalue weighted by Gasteiger charge is 2.11. The predicted octanol–water partition coefficient (Wildman–Crippen LogP) is 2.74. The first-order chi connectivity index (χ1) is 8.61. The van der Waals surface area contributed by atoms with Crippen LogP contribution in [-0.2, 0) is 0 Å². The molecule has 0 saturated heterocycles. The van der Waals surface area contributed by atoms with Crippen molar-refractivity contribution in [3.05, 3.63) is 40.0 Å². The lowest BCUT2D eigenvalue weighted by Crippen LogP contribution is -2.13. The third-order valence-corrected chi connectivity index (χ3v) is 3.10. The Kier molecular flexibility index (Phi) is 3.66. The van der Waals surface area contributed by atoms with Crippen molar-refractivity contribution in [2.24, 2.45) is 0 Å². The molecule has 94 valence electrons. The summed E-state index contributed by atoms with van der Waals surface area (Å²) in [5.74, 6) is 1.09. The summed E-state index contributed by atoms with van der Waals surface area (Å²) in [5, 5.41) is 9.32. The lowest BCUT2D eigenvalue weighted by molar-refractivity contribution is 0.102. The Morgan fingerprint density at radius 1 is 1.50 bits per heavy atom. The Labute approximate surface area is 113 Å². The van der Waals surface area contributed by atoms with Gasteiger partial charge in [-0.1, -0.05) is 0 Å². The molecular weight excluding hydrogens is 298 g/mol. The summed E-state index contributed by atoms with van der Waals surface area (Å²) in [5.41, 5.74) is 1.42. The summed E-state index contributed by atoms with van der Waals surface area (Å²) in [7, 11) is 1.58. The number of benzene rings is 1. The largest absolute Gasteiger partial charge is 0.496 e. The van der Waals surface area contributed by atoms with Crippen molar-refractivity contribution in [3.63, 3.8) is 0 Å². The number of methoxy groups -OCH3 is 1. The summed E-state index contributed by atoms with van der Waals surface area (Å²) in [6.45, 7) is 1.86. The first-order valence-corrected chi connectivity index (χ1v) is 6.06. The first kappa shape index (κ1) is 12.6. The second-order valence-electron chi connectivity index (χ2n) is 3.73. The first-order valence-electron chi connectivity index (χ1n) is 5.26. The van der Waals surface area contributed by atoms with E-state index in [0.717, 1.165) is 10.0 Å². The highest BCUT2D eigenvalue weighted by Crippen LogP contribution is 2.25. The summed E-state index contributed by atoms with van der Waals surface area (Å²) in [4.78, 5) is 12.0. The van der Waals surface area contributed by atoms with Gasteiger partial charge in [0.15, 0.2) is 0 Å². The number of rotatable bonds is 3. The zero-order valence-electron chi connectivity index (χ0n) is 9.95. The van der Waals surface area contributed by atoms with Gasteiger partial charge < -0.3 is 10.1 Å². The molecule has 0 unspecified atom stereocenters. The Morgan fingerprint density at radius 3 is 2.83 bits per heavy atom. The minimum Gasteiger partial charge on any atom is -0.496 e. The monoisotopic (exact) mass is 309 g/mol. The Hall–Kier alpha value is -1.82. The number of hydrogen-bond acceptors (Lipinski definition) is 3. The zero-order valence-corrected chi connectivity index (χ0v) is 11.5. The molecule has 0 spiro atoms. The SMILES string of the molecule is COc1ccc(C(=O)Nc2[nH]ncc2C)cc1Br. The molecule has 1 aromatic carbocycles. The van der Waals surface area contributed by atoms with E-state index < -0.39 is 0 Å². The summed E-state index contributed by atoms with van der Waals surface area (Å²) in [6.07, 6.45) is 1.65. The minimum absolute atomic E-state index is 0.203. The van der Waals surface area contributed by atoms with E-state index in [0.29, 0.717) is 17.1 Å². The van der Waals surface area contributed by atoms with Crippen LogP contribution in [0, 0.1) is 6.92 Å². The maximum atomic E-state index is 12.0. The molecule has 5 nitrogen and oxygen atoms in total. The van der Waals surface area contributed by atoms with Crippen LogP contribution in [0.3, 0.4) is 0 Å². The van der Waals surface area contributed by atoms with Crippen LogP contribution >= 0.6 is 15.9 Å². The molecule has 0 aliphatic carbocycles. The Bertz CT molecular complexity index is 580. The van der Waals surface area contributed by atoms with Crippen molar-refractivity contribution in [3.8, 4) is 5.75 Å². The number of H-pyrrole nitrogens is 1. The molecule has 1 amide bonds. The average Bonchev–Trinajstić information content (AvgIpc) is 2.75. The average molecular weight is 310 g/mol. The third kappa shape index (κ3) is 2.53. The van der Waals surface area contributed by atoms with Crippen molar-refractivity contribution in [2.45, 2.75) is 6.92 Å². The van der Waals surface area contributed by atoms with E-state index in [9.17, 15) is 4.79 Å². The molecule has 0 radical (unpaired) electrons. The number of anilines is 1. The molecule has 2 N–H and O–H groups in total. The standard InChI is InChI=1S/C12H12BrN3O2/c1-7-6-14-16-11(7)15-12(17)8-3-4-10(18-2)9(13)5-8/h3-6H,1-2H3,(H2,14,15,16,17). The summed E-state index contributed by atoms with van der Waals surface area (Å²) >= 11 is 3.34. The topological polar surface area (TPSA) is 67.0 Å². The number of aromatic amines is 1. The number of halogens is 1. The van der Waals surface area contributed by atoms with Gasteiger partial charge in [-0.3, -0.25) is 9.89 Å². The van der Waals surface area contributed by atoms with Gasteiger partial charge in [0.2, 0.25) is 0 Å². The van der Waals surface area contributed by atoms with Crippen LogP contribution in [0.1, 0.15) is 15.9 Å². The molecule has 0 bridgehead atoms. The third-order valence-electron chi connectivity index (χ3n) is 2.48. The normalized spacial score (nSPS) is 10.2. The number of aromatic nitrogens is 2. The molecule has 2 aromatic rings. The highest BCUT2D eigenvalue weighted by atomic mass is 79.9. The number of amides is 1. The molecule has 1 aromatic heterocycles. The maximum absolute atomic E-state index is 12.0. The molecule has 0 atom stereocenters. The lowest BCUT2D eigenvalue weighted by atomic mass is 10.2. The molecule has 0 fully saturated rings. The van der Waals surface area contributed by atoms with E-state index in [2.05, 4.69) is 31.4 Å². The van der Waals surface area contributed by atoms with Crippen LogP contribution in [0.5, 0.6) is 5.75 Å². The van der Waals surface area contributed by atoms with Crippen molar-refractivity contribution in [1.82, 2.24) is 10.2 Å². The molecule has 6 heteroatoms. The molecular formula is C12H12BrN3O2. The van der Waals surface area contributed by atoms with Crippen LogP contribution in [-0.4, -0.2) is 23.2 Å². The number of hydrogen-bond donors (Lipinski definition) is 2. The predicted molar refractivity (Wildman–Crippen MR) is 72.0 cm³/mol. The van der Waals surface area contributed by atoms with E-state index in [1.54, 1.807) is 31.5 Å². The Morgan fingerprint density at radius 2 is 2.28 bits per heavy atom. The fourth-order valence-corrected chi connectivity index (χ4v) is 2.01. The zero-order chi connectivity index (χ0) is 13.1. The van der Waals surface area contributed by atoms with Crippen LogP contribution in [0.25, 0.3) is 0 Å². The van der Waals surface area contributed by atoms with Gasteiger partial charge in [0.05, 0.1) is 17.8 Å². The van der Waals surface area contributed by atoms with Crippen molar-refractivity contribution in [1.29, 1.82) is 0 Å². The number of ether oxygens (including phenoxy) is 1. The van der Waals surface area contributed by atoms with Crippen molar-refractivity contribution in [2.75, 3.05) is 12.4 Å². The summed E-state index contributed by atoms with van der Waals surface area (Å²) < 4.78 is 5.85. The van der Waals surface area contributed by atoms with Crippen LogP contribution in [0.4, 0.5) is 5.82 Å². The molecule has 0 saturated carbocycles. The van der Waals surface area contributed by atoms with Gasteiger partial charge in [-0.15, -0.1) is 0 Å². The van der Waals surface area contributed by atoms with E-state index >= 15 is 0 Å². The van der Waals surface area contributed by atoms with Crippen LogP contribution in [0.2, 0.25) is 0 Å². The minimum atomic E-state index is -0.203. The fourth-order valence-electron chi connectivity index (χ4n) is 1.47. The number of carbonyl (C=O) groups is 1. The molecule has 18 heavy (non-hydrogen) atoms. The fraction of sp³-hybridized carbons (Fsp3) is 0.167. The van der Waals surface area contributed by atoms with Crippen molar-refractivity contribution < 1.29 is 9.53 Å². The van der Waals surface area contributed by atoms with Gasteiger partial charge in [0.25, 0.3) is 5.91 Å². The quantitative estimate of drug-likeness (QED) is 0.916.